The van der Waals surface area contributed by atoms with E-state index in [1.807, 2.05) is 0 Å². The molecule has 0 radical (unpaired) electrons. The van der Waals surface area contributed by atoms with Crippen LogP contribution >= 0.6 is 0 Å². The molecule has 0 rings (SSSR count). The lowest BCUT2D eigenvalue weighted by Gasteiger charge is -2.27. The fourth-order valence-electron chi connectivity index (χ4n) is 4.85. The van der Waals surface area contributed by atoms with Gasteiger partial charge in [-0.25, -0.2) is 0 Å². The number of hydrogen-bond acceptors (Lipinski definition) is 0. The third-order valence-corrected chi connectivity index (χ3v) is 7.97. The van der Waals surface area contributed by atoms with Crippen molar-refractivity contribution < 1.29 is 0 Å². The summed E-state index contributed by atoms with van der Waals surface area (Å²) in [5.74, 6) is 0.863. The highest BCUT2D eigenvalue weighted by atomic mass is 14.2. The van der Waals surface area contributed by atoms with Crippen LogP contribution in [0.3, 0.4) is 0 Å². The van der Waals surface area contributed by atoms with Crippen LogP contribution in [0.15, 0.2) is 0 Å². The lowest BCUT2D eigenvalue weighted by molar-refractivity contribution is 0.240. The summed E-state index contributed by atoms with van der Waals surface area (Å²) in [7, 11) is 0. The van der Waals surface area contributed by atoms with Gasteiger partial charge in [0.25, 0.3) is 0 Å². The molecule has 0 bridgehead atoms. The first-order valence-corrected chi connectivity index (χ1v) is 15.5. The van der Waals surface area contributed by atoms with Crippen molar-refractivity contribution in [1.29, 1.82) is 0 Å². The van der Waals surface area contributed by atoms with Crippen molar-refractivity contribution in [3.63, 3.8) is 0 Å². The van der Waals surface area contributed by atoms with Gasteiger partial charge < -0.3 is 0 Å². The Morgan fingerprint density at radius 2 is 0.594 bits per heavy atom. The highest BCUT2D eigenvalue weighted by molar-refractivity contribution is 4.69. The van der Waals surface area contributed by atoms with Gasteiger partial charge in [0.15, 0.2) is 0 Å². The van der Waals surface area contributed by atoms with Crippen molar-refractivity contribution in [2.45, 2.75) is 195 Å². The lowest BCUT2D eigenvalue weighted by Crippen LogP contribution is -2.16. The van der Waals surface area contributed by atoms with Crippen LogP contribution in [-0.2, 0) is 0 Å². The van der Waals surface area contributed by atoms with Gasteiger partial charge >= 0.3 is 0 Å². The Hall–Kier alpha value is 0. The number of rotatable bonds is 25. The third kappa shape index (κ3) is 24.6. The van der Waals surface area contributed by atoms with Gasteiger partial charge in [-0.2, -0.15) is 0 Å². The zero-order chi connectivity index (χ0) is 23.8. The molecule has 0 nitrogen and oxygen atoms in total. The summed E-state index contributed by atoms with van der Waals surface area (Å²) in [5.41, 5.74) is 0.493. The van der Waals surface area contributed by atoms with Gasteiger partial charge in [-0.05, 0) is 11.3 Å². The van der Waals surface area contributed by atoms with Gasteiger partial charge in [0.1, 0.15) is 0 Å². The van der Waals surface area contributed by atoms with Crippen molar-refractivity contribution in [3.8, 4) is 0 Å². The van der Waals surface area contributed by atoms with E-state index in [2.05, 4.69) is 34.6 Å². The normalized spacial score (nSPS) is 13.0. The Morgan fingerprint density at radius 1 is 0.375 bits per heavy atom. The molecule has 0 fully saturated rings. The van der Waals surface area contributed by atoms with Gasteiger partial charge in [0, 0.05) is 0 Å². The maximum atomic E-state index is 2.43. The van der Waals surface area contributed by atoms with Gasteiger partial charge in [-0.1, -0.05) is 195 Å². The predicted octanol–water partition coefficient (Wildman–Crippen LogP) is 12.4. The Bertz CT molecular complexity index is 336. The van der Waals surface area contributed by atoms with Gasteiger partial charge in [-0.3, -0.25) is 0 Å². The zero-order valence-electron chi connectivity index (χ0n) is 23.8. The molecule has 0 N–H and O–H groups in total. The molecule has 0 aromatic carbocycles. The quantitative estimate of drug-likeness (QED) is 0.121. The second kappa shape index (κ2) is 24.1. The van der Waals surface area contributed by atoms with Crippen LogP contribution < -0.4 is 0 Å². The zero-order valence-corrected chi connectivity index (χ0v) is 23.8. The fourth-order valence-corrected chi connectivity index (χ4v) is 4.85. The van der Waals surface area contributed by atoms with Gasteiger partial charge in [-0.15, -0.1) is 0 Å². The summed E-state index contributed by atoms with van der Waals surface area (Å²) < 4.78 is 0. The van der Waals surface area contributed by atoms with Crippen LogP contribution in [0.4, 0.5) is 0 Å². The van der Waals surface area contributed by atoms with Crippen molar-refractivity contribution in [1.82, 2.24) is 0 Å². The lowest BCUT2D eigenvalue weighted by atomic mass is 9.79. The predicted molar refractivity (Wildman–Crippen MR) is 150 cm³/mol. The summed E-state index contributed by atoms with van der Waals surface area (Å²) >= 11 is 0. The minimum atomic E-state index is 0.493. The second-order valence-electron chi connectivity index (χ2n) is 12.2. The topological polar surface area (TPSA) is 0 Å². The van der Waals surface area contributed by atoms with Crippen molar-refractivity contribution in [3.05, 3.63) is 0 Å². The first-order chi connectivity index (χ1) is 15.5. The first kappa shape index (κ1) is 32.0. The molecule has 0 aliphatic rings. The van der Waals surface area contributed by atoms with E-state index in [4.69, 9.17) is 0 Å². The minimum Gasteiger partial charge on any atom is -0.0654 e. The molecule has 0 aromatic rings. The maximum Gasteiger partial charge on any atom is -0.0357 e. The van der Waals surface area contributed by atoms with E-state index >= 15 is 0 Å². The van der Waals surface area contributed by atoms with E-state index in [9.17, 15) is 0 Å². The Morgan fingerprint density at radius 3 is 0.812 bits per heavy atom. The third-order valence-electron chi connectivity index (χ3n) is 7.97. The highest BCUT2D eigenvalue weighted by Crippen LogP contribution is 2.29. The summed E-state index contributed by atoms with van der Waals surface area (Å²) in [6, 6.07) is 0. The fraction of sp³-hybridized carbons (Fsp3) is 1.00. The van der Waals surface area contributed by atoms with E-state index in [0.717, 1.165) is 5.92 Å². The Kier molecular flexibility index (Phi) is 24.1. The molecule has 0 saturated heterocycles. The molecule has 0 aliphatic carbocycles. The molecule has 0 saturated carbocycles. The summed E-state index contributed by atoms with van der Waals surface area (Å²) in [6.45, 7) is 11.9. The van der Waals surface area contributed by atoms with Crippen LogP contribution in [0.5, 0.6) is 0 Å². The molecule has 0 heterocycles. The van der Waals surface area contributed by atoms with E-state index in [-0.39, 0.29) is 0 Å². The monoisotopic (exact) mass is 451 g/mol. The molecule has 0 aliphatic heterocycles. The summed E-state index contributed by atoms with van der Waals surface area (Å²) in [6.07, 6.45) is 36.8. The molecule has 1 atom stereocenters. The molecule has 0 spiro atoms. The molecule has 32 heavy (non-hydrogen) atoms. The Labute approximate surface area is 206 Å². The molecule has 1 unspecified atom stereocenters. The van der Waals surface area contributed by atoms with Crippen LogP contribution in [0.2, 0.25) is 0 Å². The average Bonchev–Trinajstić information content (AvgIpc) is 2.76. The highest BCUT2D eigenvalue weighted by Gasteiger charge is 2.18. The van der Waals surface area contributed by atoms with Crippen LogP contribution in [0.1, 0.15) is 195 Å². The second-order valence-corrected chi connectivity index (χ2v) is 12.2. The van der Waals surface area contributed by atoms with Crippen LogP contribution in [0, 0.1) is 11.3 Å². The smallest absolute Gasteiger partial charge is 0.0357 e. The molecule has 194 valence electrons. The van der Waals surface area contributed by atoms with E-state index in [1.54, 1.807) is 0 Å². The average molecular weight is 451 g/mol. The largest absolute Gasteiger partial charge is 0.0654 e. The molecule has 0 heteroatoms. The molecule has 0 aromatic heterocycles. The van der Waals surface area contributed by atoms with E-state index in [0.29, 0.717) is 5.41 Å². The summed E-state index contributed by atoms with van der Waals surface area (Å²) in [4.78, 5) is 0. The summed E-state index contributed by atoms with van der Waals surface area (Å²) in [5, 5.41) is 0. The van der Waals surface area contributed by atoms with Crippen molar-refractivity contribution in [2.75, 3.05) is 0 Å². The first-order valence-electron chi connectivity index (χ1n) is 15.5. The van der Waals surface area contributed by atoms with Crippen molar-refractivity contribution >= 4 is 0 Å². The Balaban J connectivity index is 3.08. The van der Waals surface area contributed by atoms with E-state index in [1.165, 1.54) is 161 Å². The van der Waals surface area contributed by atoms with Crippen molar-refractivity contribution in [2.24, 2.45) is 11.3 Å². The number of hydrogen-bond donors (Lipinski definition) is 0. The molecular weight excluding hydrogens is 384 g/mol. The van der Waals surface area contributed by atoms with Crippen LogP contribution in [-0.4, -0.2) is 0 Å². The van der Waals surface area contributed by atoms with E-state index < -0.39 is 0 Å². The SMILES string of the molecule is CCCCCCCCCCCCCCCCCCCCCCCCCCC(C)C(C)(C)C. The molecule has 0 amide bonds. The van der Waals surface area contributed by atoms with Gasteiger partial charge in [0.2, 0.25) is 0 Å². The standard InChI is InChI=1S/C32H66/c1-6-7-8-9-10-11-12-13-14-15-16-17-18-19-20-21-22-23-24-25-26-27-28-29-30-31(2)32(3,4)5/h31H,6-30H2,1-5H3. The maximum absolute atomic E-state index is 2.43. The number of unbranched alkanes of at least 4 members (excludes halogenated alkanes) is 23. The van der Waals surface area contributed by atoms with Crippen LogP contribution in [0.25, 0.3) is 0 Å². The minimum absolute atomic E-state index is 0.493. The van der Waals surface area contributed by atoms with Gasteiger partial charge in [0.05, 0.1) is 0 Å². The molecular formula is C32H66.